The number of hydrogen-bond donors (Lipinski definition) is 6. The van der Waals surface area contributed by atoms with Gasteiger partial charge in [-0.25, -0.2) is 0 Å². The summed E-state index contributed by atoms with van der Waals surface area (Å²) in [6.45, 7) is 29.8. The fourth-order valence-corrected chi connectivity index (χ4v) is 11.4. The van der Waals surface area contributed by atoms with Crippen molar-refractivity contribution >= 4 is 65.0 Å². The number of nitrogens with zero attached hydrogens (tertiary/aromatic N) is 7. The van der Waals surface area contributed by atoms with E-state index >= 15 is 9.59 Å². The summed E-state index contributed by atoms with van der Waals surface area (Å²) < 4.78 is 5.85. The van der Waals surface area contributed by atoms with Gasteiger partial charge >= 0.3 is 0 Å². The first-order valence-electron chi connectivity index (χ1n) is 31.9. The van der Waals surface area contributed by atoms with Crippen LogP contribution in [0.4, 0.5) is 0 Å². The van der Waals surface area contributed by atoms with E-state index in [2.05, 4.69) is 21.3 Å². The van der Waals surface area contributed by atoms with Crippen molar-refractivity contribution in [3.05, 3.63) is 12.2 Å². The summed E-state index contributed by atoms with van der Waals surface area (Å²) in [7, 11) is 8.37. The highest BCUT2D eigenvalue weighted by Gasteiger charge is 2.46. The highest BCUT2D eigenvalue weighted by Crippen LogP contribution is 2.26. The lowest BCUT2D eigenvalue weighted by molar-refractivity contribution is -0.157. The minimum Gasteiger partial charge on any atom is -0.394 e. The van der Waals surface area contributed by atoms with Crippen LogP contribution in [0.5, 0.6) is 0 Å². The van der Waals surface area contributed by atoms with E-state index < -0.39 is 168 Å². The number of nitrogens with one attached hydrogen (secondary N) is 4. The molecule has 1 fully saturated rings. The van der Waals surface area contributed by atoms with Gasteiger partial charge in [0, 0.05) is 54.7 Å². The highest BCUT2D eigenvalue weighted by atomic mass is 16.5. The number of ether oxygens (including phenoxy) is 1. The van der Waals surface area contributed by atoms with Crippen LogP contribution >= 0.6 is 0 Å². The number of aliphatic hydroxyl groups is 2. The normalized spacial score (nSPS) is 27.4. The predicted octanol–water partition coefficient (Wildman–Crippen LogP) is 2.40. The molecule has 0 aromatic carbocycles. The van der Waals surface area contributed by atoms with Crippen LogP contribution in [0, 0.1) is 35.5 Å². The van der Waals surface area contributed by atoms with Crippen molar-refractivity contribution in [2.45, 2.75) is 235 Å². The van der Waals surface area contributed by atoms with Gasteiger partial charge in [-0.05, 0) is 96.3 Å². The summed E-state index contributed by atoms with van der Waals surface area (Å²) >= 11 is 0. The van der Waals surface area contributed by atoms with E-state index in [1.165, 1.54) is 94.5 Å². The second-order valence-electron chi connectivity index (χ2n) is 26.3. The van der Waals surface area contributed by atoms with E-state index in [9.17, 15) is 53.4 Å². The van der Waals surface area contributed by atoms with E-state index in [1.54, 1.807) is 67.5 Å². The largest absolute Gasteiger partial charge is 0.394 e. The van der Waals surface area contributed by atoms with Gasteiger partial charge in [-0.1, -0.05) is 102 Å². The Bertz CT molecular complexity index is 2420. The third kappa shape index (κ3) is 22.0. The number of hydrogen-bond acceptors (Lipinski definition) is 14. The SMILES string of the molecule is C/C=C/[C@@H](C)[C@@H](O)[C@H]1C(=O)N[C@@H](CC)C(=O)N(CCC)[C@H](C)C(=O)N(C)C([C@@H](C)OCCO)C(=O)N[C@@H](C(C)C)C(=O)N(C)[C@@H](CC(C)C)C(=O)N[C@@H](C)C(=O)N[C@H](C)C(=O)N(C)[C@@H](CC(C)C)C(=O)N(C)[C@@H](CC(C)C)C(=O)N(C)[C@@H](C(C)C)C(=O)N1C. The van der Waals surface area contributed by atoms with Gasteiger partial charge in [-0.15, -0.1) is 0 Å². The topological polar surface area (TPSA) is 308 Å². The molecular formula is C64H115N11O14. The van der Waals surface area contributed by atoms with Crippen LogP contribution < -0.4 is 21.3 Å². The van der Waals surface area contributed by atoms with Crippen LogP contribution in [0.3, 0.4) is 0 Å². The molecule has 25 nitrogen and oxygen atoms in total. The maximum atomic E-state index is 15.2. The number of allylic oxidation sites excluding steroid dienone is 1. The number of carbonyl (C=O) groups excluding carboxylic acids is 11. The van der Waals surface area contributed by atoms with E-state index in [0.29, 0.717) is 6.42 Å². The smallest absolute Gasteiger partial charge is 0.246 e. The zero-order valence-electron chi connectivity index (χ0n) is 58.2. The number of rotatable bonds is 18. The van der Waals surface area contributed by atoms with E-state index in [0.717, 1.165) is 9.80 Å². The maximum absolute atomic E-state index is 15.2. The summed E-state index contributed by atoms with van der Waals surface area (Å²) in [5.41, 5.74) is 0. The molecule has 6 N–H and O–H groups in total. The third-order valence-corrected chi connectivity index (χ3v) is 16.7. The Morgan fingerprint density at radius 2 is 0.944 bits per heavy atom. The number of aliphatic hydroxyl groups excluding tert-OH is 2. The molecule has 0 aromatic rings. The molecule has 0 spiro atoms. The molecule has 1 heterocycles. The molecule has 25 heteroatoms. The fraction of sp³-hybridized carbons (Fsp3) is 0.797. The first kappa shape index (κ1) is 80.8. The van der Waals surface area contributed by atoms with Crippen LogP contribution in [0.1, 0.15) is 157 Å². The zero-order chi connectivity index (χ0) is 69.0. The quantitative estimate of drug-likeness (QED) is 0.108. The zero-order valence-corrected chi connectivity index (χ0v) is 58.2. The Kier molecular flexibility index (Phi) is 33.8. The maximum Gasteiger partial charge on any atom is 0.246 e. The lowest BCUT2D eigenvalue weighted by atomic mass is 9.93. The number of likely N-dealkylation sites (N-methyl/N-ethyl adjacent to an activating group) is 6. The van der Waals surface area contributed by atoms with Gasteiger partial charge in [0.1, 0.15) is 66.5 Å². The van der Waals surface area contributed by atoms with Crippen LogP contribution in [0.25, 0.3) is 0 Å². The first-order valence-corrected chi connectivity index (χ1v) is 31.9. The van der Waals surface area contributed by atoms with Crippen LogP contribution in [-0.2, 0) is 57.5 Å². The monoisotopic (exact) mass is 1260 g/mol. The minimum atomic E-state index is -1.67. The van der Waals surface area contributed by atoms with Gasteiger partial charge in [0.25, 0.3) is 0 Å². The van der Waals surface area contributed by atoms with Gasteiger partial charge in [-0.3, -0.25) is 52.7 Å². The predicted molar refractivity (Wildman–Crippen MR) is 341 cm³/mol. The standard InChI is InChI=1S/C64H115N11O14/c1-25-28-40(14)53(77)52-57(81)67-45(27-3)60(84)75(29-26-2)43(17)59(83)73(23)51(44(18)89-31-30-76)56(80)68-49(38(10)11)63(87)69(19)46(32-35(4)5)55(79)65-41(15)54(78)66-42(16)58(82)70(20)47(33-36(6)7)61(85)71(21)48(34-37(8)9)62(86)72(22)50(39(12)13)64(88)74(52)24/h25,28,35-53,76-77H,26-27,29-34H2,1-24H3,(H,65,79)(H,66,78)(H,67,81)(H,68,80)/b28-25+/t40-,41+,42-,43-,44-,45+,46+,47+,48+,49+,50+,51?,52+,53-/m1/s1. The van der Waals surface area contributed by atoms with Crippen molar-refractivity contribution in [1.29, 1.82) is 0 Å². The van der Waals surface area contributed by atoms with Crippen molar-refractivity contribution in [2.75, 3.05) is 62.0 Å². The van der Waals surface area contributed by atoms with Crippen molar-refractivity contribution in [3.63, 3.8) is 0 Å². The van der Waals surface area contributed by atoms with Gasteiger partial charge in [-0.2, -0.15) is 0 Å². The summed E-state index contributed by atoms with van der Waals surface area (Å²) in [5, 5.41) is 32.8. The molecule has 1 aliphatic heterocycles. The van der Waals surface area contributed by atoms with Gasteiger partial charge in [0.15, 0.2) is 0 Å². The lowest BCUT2D eigenvalue weighted by Gasteiger charge is -2.41. The van der Waals surface area contributed by atoms with Crippen molar-refractivity contribution in [3.8, 4) is 0 Å². The minimum absolute atomic E-state index is 0.00562. The average molecular weight is 1260 g/mol. The van der Waals surface area contributed by atoms with Gasteiger partial charge in [0.2, 0.25) is 65.0 Å². The van der Waals surface area contributed by atoms with Crippen LogP contribution in [-0.4, -0.2) is 250 Å². The van der Waals surface area contributed by atoms with Crippen LogP contribution in [0.15, 0.2) is 12.2 Å². The second-order valence-corrected chi connectivity index (χ2v) is 26.3. The molecule has 1 rings (SSSR count). The Morgan fingerprint density at radius 1 is 0.494 bits per heavy atom. The highest BCUT2D eigenvalue weighted by molar-refractivity contribution is 6.00. The molecule has 1 saturated heterocycles. The van der Waals surface area contributed by atoms with E-state index in [-0.39, 0.29) is 56.6 Å². The Morgan fingerprint density at radius 3 is 1.40 bits per heavy atom. The third-order valence-electron chi connectivity index (χ3n) is 16.7. The molecule has 0 aromatic heterocycles. The molecule has 1 unspecified atom stereocenters. The average Bonchev–Trinajstić information content (AvgIpc) is 0.976. The van der Waals surface area contributed by atoms with E-state index in [4.69, 9.17) is 4.74 Å². The molecule has 510 valence electrons. The summed E-state index contributed by atoms with van der Waals surface area (Å²) in [6, 6.07) is -14.4. The van der Waals surface area contributed by atoms with E-state index in [1.807, 2.05) is 41.5 Å². The van der Waals surface area contributed by atoms with Gasteiger partial charge < -0.3 is 70.5 Å². The molecule has 0 bridgehead atoms. The lowest BCUT2D eigenvalue weighted by Crippen LogP contribution is -2.64. The molecule has 0 aliphatic carbocycles. The van der Waals surface area contributed by atoms with Crippen molar-refractivity contribution in [1.82, 2.24) is 55.6 Å². The Hall–Kier alpha value is -6.21. The van der Waals surface area contributed by atoms with Gasteiger partial charge in [0.05, 0.1) is 25.4 Å². The molecule has 89 heavy (non-hydrogen) atoms. The first-order chi connectivity index (χ1) is 41.2. The van der Waals surface area contributed by atoms with Crippen LogP contribution in [0.2, 0.25) is 0 Å². The summed E-state index contributed by atoms with van der Waals surface area (Å²) in [6.07, 6.45) is 1.34. The summed E-state index contributed by atoms with van der Waals surface area (Å²) in [4.78, 5) is 171. The number of amides is 11. The Labute approximate surface area is 531 Å². The Balaban J connectivity index is 4.49. The molecule has 0 saturated carbocycles. The second kappa shape index (κ2) is 37.2. The molecular weight excluding hydrogens is 1150 g/mol. The summed E-state index contributed by atoms with van der Waals surface area (Å²) in [5.74, 6) is -10.4. The molecule has 1 aliphatic rings. The van der Waals surface area contributed by atoms with Crippen molar-refractivity contribution in [2.24, 2.45) is 35.5 Å². The molecule has 11 amide bonds. The molecule has 0 radical (unpaired) electrons. The number of carbonyl (C=O) groups is 11. The fourth-order valence-electron chi connectivity index (χ4n) is 11.4. The van der Waals surface area contributed by atoms with Crippen molar-refractivity contribution < 1.29 is 67.7 Å². The molecule has 14 atom stereocenters.